The molecular formula is C23H29N3O5S. The molecule has 1 fully saturated rings. The van der Waals surface area contributed by atoms with Gasteiger partial charge < -0.3 is 4.74 Å². The first-order chi connectivity index (χ1) is 15.1. The summed E-state index contributed by atoms with van der Waals surface area (Å²) in [5.41, 5.74) is 5.70. The van der Waals surface area contributed by atoms with Crippen molar-refractivity contribution in [3.8, 4) is 5.75 Å². The molecule has 0 aromatic heterocycles. The van der Waals surface area contributed by atoms with E-state index in [1.807, 2.05) is 32.9 Å². The van der Waals surface area contributed by atoms with Crippen LogP contribution < -0.4 is 15.6 Å². The van der Waals surface area contributed by atoms with E-state index in [9.17, 15) is 18.0 Å². The summed E-state index contributed by atoms with van der Waals surface area (Å²) >= 11 is 0. The van der Waals surface area contributed by atoms with Gasteiger partial charge in [-0.3, -0.25) is 20.4 Å². The average Bonchev–Trinajstić information content (AvgIpc) is 2.75. The highest BCUT2D eigenvalue weighted by molar-refractivity contribution is 7.89. The lowest BCUT2D eigenvalue weighted by molar-refractivity contribution is -0.123. The van der Waals surface area contributed by atoms with Crippen LogP contribution in [0.4, 0.5) is 0 Å². The second-order valence-corrected chi connectivity index (χ2v) is 10.3. The Kier molecular flexibility index (Phi) is 7.52. The number of carbonyl (C=O) groups is 2. The molecule has 1 heterocycles. The van der Waals surface area contributed by atoms with Gasteiger partial charge in [-0.15, -0.1) is 0 Å². The summed E-state index contributed by atoms with van der Waals surface area (Å²) in [5.74, 6) is -0.0635. The van der Waals surface area contributed by atoms with Gasteiger partial charge in [0.05, 0.1) is 4.90 Å². The molecule has 2 aromatic carbocycles. The zero-order valence-corrected chi connectivity index (χ0v) is 19.3. The summed E-state index contributed by atoms with van der Waals surface area (Å²) in [7, 11) is -3.71. The van der Waals surface area contributed by atoms with Crippen LogP contribution >= 0.6 is 0 Å². The first kappa shape index (κ1) is 23.7. The maximum Gasteiger partial charge on any atom is 0.276 e. The van der Waals surface area contributed by atoms with Crippen molar-refractivity contribution in [2.45, 2.75) is 32.1 Å². The summed E-state index contributed by atoms with van der Waals surface area (Å²) < 4.78 is 33.0. The van der Waals surface area contributed by atoms with Crippen LogP contribution in [0.15, 0.2) is 53.4 Å². The quantitative estimate of drug-likeness (QED) is 0.646. The number of ether oxygens (including phenoxy) is 1. The average molecular weight is 460 g/mol. The monoisotopic (exact) mass is 459 g/mol. The highest BCUT2D eigenvalue weighted by Crippen LogP contribution is 2.27. The summed E-state index contributed by atoms with van der Waals surface area (Å²) in [6, 6.07) is 13.1. The SMILES string of the molecule is Cc1cccc(OCC(=O)NNC(=O)c2cccc(S(=O)(=O)N3CC(C)CC(C)C3)c2)c1. The molecule has 0 spiro atoms. The van der Waals surface area contributed by atoms with Gasteiger partial charge in [-0.05, 0) is 61.1 Å². The Morgan fingerprint density at radius 3 is 2.41 bits per heavy atom. The Morgan fingerprint density at radius 2 is 1.72 bits per heavy atom. The van der Waals surface area contributed by atoms with Crippen LogP contribution in [0.2, 0.25) is 0 Å². The normalized spacial score (nSPS) is 19.2. The van der Waals surface area contributed by atoms with Crippen molar-refractivity contribution < 1.29 is 22.7 Å². The first-order valence-corrected chi connectivity index (χ1v) is 12.0. The summed E-state index contributed by atoms with van der Waals surface area (Å²) in [5, 5.41) is 0. The smallest absolute Gasteiger partial charge is 0.276 e. The molecule has 0 aliphatic carbocycles. The number of rotatable bonds is 6. The molecule has 2 aromatic rings. The predicted octanol–water partition coefficient (Wildman–Crippen LogP) is 2.50. The molecule has 2 N–H and O–H groups in total. The van der Waals surface area contributed by atoms with Crippen LogP contribution in [-0.2, 0) is 14.8 Å². The van der Waals surface area contributed by atoms with Gasteiger partial charge in [-0.2, -0.15) is 4.31 Å². The van der Waals surface area contributed by atoms with E-state index in [-0.39, 0.29) is 28.9 Å². The number of sulfonamides is 1. The van der Waals surface area contributed by atoms with Gasteiger partial charge in [0, 0.05) is 18.7 Å². The minimum Gasteiger partial charge on any atom is -0.484 e. The number of benzene rings is 2. The molecule has 1 aliphatic heterocycles. The van der Waals surface area contributed by atoms with E-state index in [2.05, 4.69) is 10.9 Å². The van der Waals surface area contributed by atoms with Gasteiger partial charge in [0.15, 0.2) is 6.61 Å². The van der Waals surface area contributed by atoms with Gasteiger partial charge in [-0.25, -0.2) is 8.42 Å². The van der Waals surface area contributed by atoms with Gasteiger partial charge in [-0.1, -0.05) is 32.0 Å². The van der Waals surface area contributed by atoms with E-state index in [1.165, 1.54) is 28.6 Å². The summed E-state index contributed by atoms with van der Waals surface area (Å²) in [6.07, 6.45) is 0.988. The lowest BCUT2D eigenvalue weighted by atomic mass is 9.94. The summed E-state index contributed by atoms with van der Waals surface area (Å²) in [6.45, 7) is 6.62. The lowest BCUT2D eigenvalue weighted by Gasteiger charge is -2.34. The van der Waals surface area contributed by atoms with Crippen LogP contribution in [0.1, 0.15) is 36.2 Å². The molecule has 0 saturated carbocycles. The minimum atomic E-state index is -3.71. The van der Waals surface area contributed by atoms with Crippen molar-refractivity contribution in [2.75, 3.05) is 19.7 Å². The van der Waals surface area contributed by atoms with E-state index >= 15 is 0 Å². The number of nitrogens with one attached hydrogen (secondary N) is 2. The fourth-order valence-electron chi connectivity index (χ4n) is 3.84. The standard InChI is InChI=1S/C23H29N3O5S/c1-16-6-4-8-20(11-16)31-15-22(27)24-25-23(28)19-7-5-9-21(12-19)32(29,30)26-13-17(2)10-18(3)14-26/h4-9,11-12,17-18H,10,13-15H2,1-3H3,(H,24,27)(H,25,28). The topological polar surface area (TPSA) is 105 Å². The maximum absolute atomic E-state index is 13.1. The number of hydrogen-bond acceptors (Lipinski definition) is 5. The molecule has 2 amide bonds. The number of aryl methyl sites for hydroxylation is 1. The van der Waals surface area contributed by atoms with Crippen LogP contribution in [0.3, 0.4) is 0 Å². The molecule has 32 heavy (non-hydrogen) atoms. The van der Waals surface area contributed by atoms with Crippen LogP contribution in [0, 0.1) is 18.8 Å². The molecule has 3 rings (SSSR count). The summed E-state index contributed by atoms with van der Waals surface area (Å²) in [4.78, 5) is 24.5. The van der Waals surface area contributed by atoms with E-state index in [0.717, 1.165) is 12.0 Å². The molecule has 0 bridgehead atoms. The second kappa shape index (κ2) is 10.1. The van der Waals surface area contributed by atoms with E-state index in [0.29, 0.717) is 18.8 Å². The number of amides is 2. The van der Waals surface area contributed by atoms with Gasteiger partial charge in [0.25, 0.3) is 11.8 Å². The number of hydrazine groups is 1. The number of carbonyl (C=O) groups excluding carboxylic acids is 2. The number of hydrogen-bond donors (Lipinski definition) is 2. The van der Waals surface area contributed by atoms with Crippen LogP contribution in [0.5, 0.6) is 5.75 Å². The van der Waals surface area contributed by atoms with Crippen molar-refractivity contribution in [1.82, 2.24) is 15.2 Å². The van der Waals surface area contributed by atoms with Gasteiger partial charge >= 0.3 is 0 Å². The molecular weight excluding hydrogens is 430 g/mol. The second-order valence-electron chi connectivity index (χ2n) is 8.40. The Bertz CT molecular complexity index is 1080. The van der Waals surface area contributed by atoms with Crippen LogP contribution in [0.25, 0.3) is 0 Å². The zero-order chi connectivity index (χ0) is 23.3. The zero-order valence-electron chi connectivity index (χ0n) is 18.5. The predicted molar refractivity (Wildman–Crippen MR) is 120 cm³/mol. The van der Waals surface area contributed by atoms with E-state index in [4.69, 9.17) is 4.74 Å². The molecule has 0 radical (unpaired) electrons. The minimum absolute atomic E-state index is 0.0561. The third-order valence-corrected chi connectivity index (χ3v) is 7.07. The Hall–Kier alpha value is -2.91. The van der Waals surface area contributed by atoms with E-state index in [1.54, 1.807) is 12.1 Å². The Morgan fingerprint density at radius 1 is 1.03 bits per heavy atom. The first-order valence-electron chi connectivity index (χ1n) is 10.5. The number of piperidine rings is 1. The molecule has 2 unspecified atom stereocenters. The Balaban J connectivity index is 1.59. The highest BCUT2D eigenvalue weighted by Gasteiger charge is 2.32. The van der Waals surface area contributed by atoms with Gasteiger partial charge in [0.2, 0.25) is 10.0 Å². The van der Waals surface area contributed by atoms with Crippen molar-refractivity contribution in [2.24, 2.45) is 11.8 Å². The van der Waals surface area contributed by atoms with Crippen molar-refractivity contribution in [1.29, 1.82) is 0 Å². The number of nitrogens with zero attached hydrogens (tertiary/aromatic N) is 1. The molecule has 9 heteroatoms. The largest absolute Gasteiger partial charge is 0.484 e. The van der Waals surface area contributed by atoms with Crippen LogP contribution in [-0.4, -0.2) is 44.2 Å². The lowest BCUT2D eigenvalue weighted by Crippen LogP contribution is -2.44. The molecule has 2 atom stereocenters. The van der Waals surface area contributed by atoms with E-state index < -0.39 is 21.8 Å². The maximum atomic E-state index is 13.1. The van der Waals surface area contributed by atoms with Gasteiger partial charge in [0.1, 0.15) is 5.75 Å². The molecule has 1 aliphatic rings. The molecule has 8 nitrogen and oxygen atoms in total. The van der Waals surface area contributed by atoms with Crippen molar-refractivity contribution in [3.63, 3.8) is 0 Å². The third-order valence-electron chi connectivity index (χ3n) is 5.24. The fourth-order valence-corrected chi connectivity index (χ4v) is 5.56. The third kappa shape index (κ3) is 6.08. The highest BCUT2D eigenvalue weighted by atomic mass is 32.2. The molecule has 172 valence electrons. The van der Waals surface area contributed by atoms with Crippen molar-refractivity contribution >= 4 is 21.8 Å². The van der Waals surface area contributed by atoms with Crippen molar-refractivity contribution in [3.05, 3.63) is 59.7 Å². The fraction of sp³-hybridized carbons (Fsp3) is 0.391. The molecule has 1 saturated heterocycles. The Labute approximate surface area is 189 Å².